The molecule has 27 heavy (non-hydrogen) atoms. The molecular weight excluding hydrogens is 370 g/mol. The monoisotopic (exact) mass is 389 g/mol. The van der Waals surface area contributed by atoms with E-state index in [1.54, 1.807) is 18.3 Å². The lowest BCUT2D eigenvalue weighted by atomic mass is 10.2. The molecule has 2 atom stereocenters. The molecule has 0 unspecified atom stereocenters. The number of aromatic nitrogens is 4. The second-order valence-electron chi connectivity index (χ2n) is 6.99. The van der Waals surface area contributed by atoms with Gasteiger partial charge in [-0.05, 0) is 37.8 Å². The lowest BCUT2D eigenvalue weighted by Gasteiger charge is -2.12. The molecule has 3 aromatic rings. The molecule has 2 N–H and O–H groups in total. The summed E-state index contributed by atoms with van der Waals surface area (Å²) in [7, 11) is -3.66. The van der Waals surface area contributed by atoms with E-state index in [0.29, 0.717) is 22.8 Å². The molecule has 9 nitrogen and oxygen atoms in total. The number of hydrogen-bond donors (Lipinski definition) is 2. The first-order chi connectivity index (χ1) is 13.1. The van der Waals surface area contributed by atoms with Crippen LogP contribution in [0.1, 0.15) is 49.4 Å². The predicted octanol–water partition coefficient (Wildman–Crippen LogP) is 2.02. The molecule has 0 bridgehead atoms. The Bertz CT molecular complexity index is 1070. The van der Waals surface area contributed by atoms with Crippen LogP contribution in [-0.4, -0.2) is 41.2 Å². The van der Waals surface area contributed by atoms with Crippen molar-refractivity contribution < 1.29 is 17.7 Å². The van der Waals surface area contributed by atoms with Crippen LogP contribution in [-0.2, 0) is 14.8 Å². The average Bonchev–Trinajstić information content (AvgIpc) is 3.10. The molecule has 4 heterocycles. The largest absolute Gasteiger partial charge is 0.364 e. The van der Waals surface area contributed by atoms with Gasteiger partial charge in [0.25, 0.3) is 5.89 Å². The third-order valence-electron chi connectivity index (χ3n) is 4.99. The van der Waals surface area contributed by atoms with E-state index in [9.17, 15) is 8.42 Å². The smallest absolute Gasteiger partial charge is 0.255 e. The lowest BCUT2D eigenvalue weighted by Crippen LogP contribution is -2.31. The van der Waals surface area contributed by atoms with Gasteiger partial charge in [-0.25, -0.2) is 18.1 Å². The number of H-pyrrole nitrogens is 1. The zero-order valence-corrected chi connectivity index (χ0v) is 15.3. The SMILES string of the molecule is O=S(=O)(NC[C@H]1CC[C@@H](c2nc(C3CC3)no2)O1)c1c[nH]c2ncccc12. The van der Waals surface area contributed by atoms with Crippen LogP contribution < -0.4 is 4.72 Å². The Morgan fingerprint density at radius 1 is 1.26 bits per heavy atom. The lowest BCUT2D eigenvalue weighted by molar-refractivity contribution is 0.0290. The van der Waals surface area contributed by atoms with Gasteiger partial charge in [0.2, 0.25) is 10.0 Å². The van der Waals surface area contributed by atoms with Crippen LogP contribution in [0.25, 0.3) is 11.0 Å². The Morgan fingerprint density at radius 2 is 2.15 bits per heavy atom. The molecule has 2 aliphatic rings. The van der Waals surface area contributed by atoms with Gasteiger partial charge in [0, 0.05) is 30.2 Å². The zero-order chi connectivity index (χ0) is 18.4. The predicted molar refractivity (Wildman–Crippen MR) is 94.4 cm³/mol. The number of nitrogens with one attached hydrogen (secondary N) is 2. The van der Waals surface area contributed by atoms with Gasteiger partial charge >= 0.3 is 0 Å². The quantitative estimate of drug-likeness (QED) is 0.661. The highest BCUT2D eigenvalue weighted by Crippen LogP contribution is 2.39. The van der Waals surface area contributed by atoms with Crippen LogP contribution in [0.3, 0.4) is 0 Å². The molecule has 10 heteroatoms. The van der Waals surface area contributed by atoms with Gasteiger partial charge in [0.1, 0.15) is 16.6 Å². The molecule has 1 aliphatic heterocycles. The molecule has 0 aromatic carbocycles. The van der Waals surface area contributed by atoms with Crippen molar-refractivity contribution in [3.05, 3.63) is 36.2 Å². The molecule has 142 valence electrons. The molecule has 0 amide bonds. The number of hydrogen-bond acceptors (Lipinski definition) is 7. The van der Waals surface area contributed by atoms with Crippen molar-refractivity contribution in [2.75, 3.05) is 6.54 Å². The summed E-state index contributed by atoms with van der Waals surface area (Å²) in [6.07, 6.45) is 6.24. The number of aromatic amines is 1. The van der Waals surface area contributed by atoms with Gasteiger partial charge in [0.05, 0.1) is 6.10 Å². The van der Waals surface area contributed by atoms with E-state index in [1.165, 1.54) is 6.20 Å². The van der Waals surface area contributed by atoms with E-state index in [0.717, 1.165) is 31.5 Å². The highest BCUT2D eigenvalue weighted by atomic mass is 32.2. The minimum absolute atomic E-state index is 0.186. The Labute approximate surface area is 155 Å². The van der Waals surface area contributed by atoms with E-state index in [2.05, 4.69) is 24.8 Å². The fraction of sp³-hybridized carbons (Fsp3) is 0.471. The number of nitrogens with zero attached hydrogens (tertiary/aromatic N) is 3. The molecule has 2 fully saturated rings. The summed E-state index contributed by atoms with van der Waals surface area (Å²) in [4.78, 5) is 11.6. The summed E-state index contributed by atoms with van der Waals surface area (Å²) in [5, 5.41) is 4.57. The van der Waals surface area contributed by atoms with E-state index in [1.807, 2.05) is 0 Å². The fourth-order valence-corrected chi connectivity index (χ4v) is 4.59. The van der Waals surface area contributed by atoms with Crippen LogP contribution in [0, 0.1) is 0 Å². The van der Waals surface area contributed by atoms with Crippen molar-refractivity contribution in [1.82, 2.24) is 24.8 Å². The maximum atomic E-state index is 12.6. The topological polar surface area (TPSA) is 123 Å². The molecule has 0 spiro atoms. The van der Waals surface area contributed by atoms with Gasteiger partial charge in [0.15, 0.2) is 5.82 Å². The van der Waals surface area contributed by atoms with Crippen molar-refractivity contribution in [3.63, 3.8) is 0 Å². The van der Waals surface area contributed by atoms with E-state index in [4.69, 9.17) is 9.26 Å². The summed E-state index contributed by atoms with van der Waals surface area (Å²) < 4.78 is 39.2. The minimum atomic E-state index is -3.66. The summed E-state index contributed by atoms with van der Waals surface area (Å²) in [6, 6.07) is 3.43. The second-order valence-corrected chi connectivity index (χ2v) is 8.73. The molecule has 1 aliphatic carbocycles. The van der Waals surface area contributed by atoms with E-state index in [-0.39, 0.29) is 23.6 Å². The highest BCUT2D eigenvalue weighted by Gasteiger charge is 2.34. The van der Waals surface area contributed by atoms with Crippen LogP contribution in [0.4, 0.5) is 0 Å². The standard InChI is InChI=1S/C17H19N5O4S/c23-27(24,14-9-19-16-12(14)2-1-7-18-16)20-8-11-5-6-13(25-11)17-21-15(22-26-17)10-3-4-10/h1-2,7,9-11,13,20H,3-6,8H2,(H,18,19)/t11-,13+/m1/s1. The molecule has 5 rings (SSSR count). The van der Waals surface area contributed by atoms with Crippen molar-refractivity contribution >= 4 is 21.1 Å². The van der Waals surface area contributed by atoms with Crippen molar-refractivity contribution in [2.45, 2.75) is 48.7 Å². The number of ether oxygens (including phenoxy) is 1. The van der Waals surface area contributed by atoms with Crippen molar-refractivity contribution in [2.24, 2.45) is 0 Å². The van der Waals surface area contributed by atoms with Crippen LogP contribution in [0.2, 0.25) is 0 Å². The van der Waals surface area contributed by atoms with Gasteiger partial charge in [-0.1, -0.05) is 5.16 Å². The summed E-state index contributed by atoms with van der Waals surface area (Å²) in [5.74, 6) is 1.67. The summed E-state index contributed by atoms with van der Waals surface area (Å²) in [5.41, 5.74) is 0.540. The number of pyridine rings is 1. The second kappa shape index (κ2) is 6.39. The Hall–Kier alpha value is -2.30. The van der Waals surface area contributed by atoms with Gasteiger partial charge in [-0.15, -0.1) is 0 Å². The van der Waals surface area contributed by atoms with Gasteiger partial charge < -0.3 is 14.2 Å². The Balaban J connectivity index is 1.23. The molecule has 1 saturated heterocycles. The van der Waals surface area contributed by atoms with E-state index < -0.39 is 10.0 Å². The first-order valence-electron chi connectivity index (χ1n) is 9.01. The summed E-state index contributed by atoms with van der Waals surface area (Å²) >= 11 is 0. The number of fused-ring (bicyclic) bond motifs is 1. The molecule has 3 aromatic heterocycles. The Morgan fingerprint density at radius 3 is 3.00 bits per heavy atom. The zero-order valence-electron chi connectivity index (χ0n) is 14.5. The third-order valence-corrected chi connectivity index (χ3v) is 6.45. The number of sulfonamides is 1. The first kappa shape index (κ1) is 16.8. The van der Waals surface area contributed by atoms with Gasteiger partial charge in [-0.3, -0.25) is 0 Å². The highest BCUT2D eigenvalue weighted by molar-refractivity contribution is 7.89. The minimum Gasteiger partial charge on any atom is -0.364 e. The van der Waals surface area contributed by atoms with Gasteiger partial charge in [-0.2, -0.15) is 4.98 Å². The fourth-order valence-electron chi connectivity index (χ4n) is 3.36. The molecular formula is C17H19N5O4S. The Kier molecular flexibility index (Phi) is 3.99. The maximum Gasteiger partial charge on any atom is 0.255 e. The molecule has 0 radical (unpaired) electrons. The molecule has 1 saturated carbocycles. The number of rotatable bonds is 6. The average molecular weight is 389 g/mol. The maximum absolute atomic E-state index is 12.6. The van der Waals surface area contributed by atoms with Crippen molar-refractivity contribution in [1.29, 1.82) is 0 Å². The van der Waals surface area contributed by atoms with Crippen LogP contribution >= 0.6 is 0 Å². The first-order valence-corrected chi connectivity index (χ1v) is 10.5. The summed E-state index contributed by atoms with van der Waals surface area (Å²) in [6.45, 7) is 0.190. The van der Waals surface area contributed by atoms with E-state index >= 15 is 0 Å². The van der Waals surface area contributed by atoms with Crippen LogP contribution in [0.15, 0.2) is 33.9 Å². The van der Waals surface area contributed by atoms with Crippen LogP contribution in [0.5, 0.6) is 0 Å². The third kappa shape index (κ3) is 3.24. The van der Waals surface area contributed by atoms with Crippen molar-refractivity contribution in [3.8, 4) is 0 Å². The normalized spacial score (nSPS) is 23.3.